The Labute approximate surface area is 98.5 Å². The molecule has 1 aliphatic rings. The van der Waals surface area contributed by atoms with Gasteiger partial charge in [-0.15, -0.1) is 0 Å². The van der Waals surface area contributed by atoms with Gasteiger partial charge in [-0.2, -0.15) is 0 Å². The molecule has 0 aliphatic heterocycles. The summed E-state index contributed by atoms with van der Waals surface area (Å²) in [4.78, 5) is 0. The lowest BCUT2D eigenvalue weighted by molar-refractivity contribution is 0.129. The third-order valence-electron chi connectivity index (χ3n) is 4.80. The fraction of sp³-hybridized carbons (Fsp3) is 0.600. The summed E-state index contributed by atoms with van der Waals surface area (Å²) < 4.78 is 0. The molecule has 88 valence electrons. The van der Waals surface area contributed by atoms with Gasteiger partial charge in [0, 0.05) is 0 Å². The van der Waals surface area contributed by atoms with E-state index < -0.39 is 0 Å². The molecule has 2 rings (SSSR count). The van der Waals surface area contributed by atoms with Crippen LogP contribution in [0.1, 0.15) is 33.3 Å². The smallest absolute Gasteiger partial charge is 0.0619 e. The molecule has 1 heteroatoms. The Morgan fingerprint density at radius 2 is 1.56 bits per heavy atom. The highest BCUT2D eigenvalue weighted by atomic mass is 16.3. The zero-order chi connectivity index (χ0) is 12.0. The molecule has 1 fully saturated rings. The second kappa shape index (κ2) is 3.59. The van der Waals surface area contributed by atoms with Crippen LogP contribution in [0.3, 0.4) is 0 Å². The van der Waals surface area contributed by atoms with Crippen LogP contribution in [0, 0.1) is 16.7 Å². The summed E-state index contributed by atoms with van der Waals surface area (Å²) in [6.45, 7) is 9.02. The Balaban J connectivity index is 2.04. The van der Waals surface area contributed by atoms with Crippen molar-refractivity contribution in [2.75, 3.05) is 0 Å². The van der Waals surface area contributed by atoms with E-state index in [0.717, 1.165) is 6.42 Å². The van der Waals surface area contributed by atoms with Gasteiger partial charge in [0.15, 0.2) is 0 Å². The summed E-state index contributed by atoms with van der Waals surface area (Å²) in [5.74, 6) is 0.417. The minimum atomic E-state index is -0.215. The van der Waals surface area contributed by atoms with Crippen molar-refractivity contribution in [2.45, 2.75) is 40.2 Å². The summed E-state index contributed by atoms with van der Waals surface area (Å²) >= 11 is 0. The van der Waals surface area contributed by atoms with Crippen LogP contribution in [0.25, 0.3) is 0 Å². The van der Waals surface area contributed by atoms with Gasteiger partial charge in [-0.1, -0.05) is 58.0 Å². The highest BCUT2D eigenvalue weighted by molar-refractivity contribution is 5.20. The first kappa shape index (κ1) is 11.7. The molecule has 1 aromatic rings. The van der Waals surface area contributed by atoms with E-state index in [2.05, 4.69) is 39.8 Å². The van der Waals surface area contributed by atoms with E-state index in [1.54, 1.807) is 0 Å². The zero-order valence-electron chi connectivity index (χ0n) is 10.7. The van der Waals surface area contributed by atoms with Crippen molar-refractivity contribution in [1.82, 2.24) is 0 Å². The highest BCUT2D eigenvalue weighted by Crippen LogP contribution is 2.69. The molecule has 0 heterocycles. The van der Waals surface area contributed by atoms with Crippen molar-refractivity contribution in [2.24, 2.45) is 16.7 Å². The van der Waals surface area contributed by atoms with E-state index in [-0.39, 0.29) is 16.9 Å². The number of hydrogen-bond acceptors (Lipinski definition) is 1. The number of hydrogen-bond donors (Lipinski definition) is 1. The Bertz CT molecular complexity index is 350. The SMILES string of the molecule is CC1(C)C(C(O)Cc2ccccc2)C1(C)C. The molecule has 0 saturated heterocycles. The van der Waals surface area contributed by atoms with Crippen molar-refractivity contribution in [3.05, 3.63) is 35.9 Å². The van der Waals surface area contributed by atoms with Crippen LogP contribution in [0.2, 0.25) is 0 Å². The van der Waals surface area contributed by atoms with E-state index >= 15 is 0 Å². The number of benzene rings is 1. The standard InChI is InChI=1S/C15H22O/c1-14(2)13(15(14,3)4)12(16)10-11-8-6-5-7-9-11/h5-9,12-13,16H,10H2,1-4H3. The van der Waals surface area contributed by atoms with Gasteiger partial charge in [-0.25, -0.2) is 0 Å². The number of aliphatic hydroxyl groups excluding tert-OH is 1. The quantitative estimate of drug-likeness (QED) is 0.825. The fourth-order valence-electron chi connectivity index (χ4n) is 3.18. The van der Waals surface area contributed by atoms with E-state index in [0.29, 0.717) is 5.92 Å². The molecule has 1 N–H and O–H groups in total. The molecule has 1 atom stereocenters. The largest absolute Gasteiger partial charge is 0.392 e. The van der Waals surface area contributed by atoms with Crippen molar-refractivity contribution < 1.29 is 5.11 Å². The van der Waals surface area contributed by atoms with Crippen LogP contribution < -0.4 is 0 Å². The molecule has 0 amide bonds. The van der Waals surface area contributed by atoms with Crippen molar-refractivity contribution in [1.29, 1.82) is 0 Å². The van der Waals surface area contributed by atoms with Gasteiger partial charge >= 0.3 is 0 Å². The predicted molar refractivity (Wildman–Crippen MR) is 67.2 cm³/mol. The van der Waals surface area contributed by atoms with Crippen LogP contribution in [0.4, 0.5) is 0 Å². The maximum atomic E-state index is 10.3. The molecule has 0 bridgehead atoms. The fourth-order valence-corrected chi connectivity index (χ4v) is 3.18. The molecular weight excluding hydrogens is 196 g/mol. The van der Waals surface area contributed by atoms with Crippen LogP contribution in [0.5, 0.6) is 0 Å². The van der Waals surface area contributed by atoms with Crippen molar-refractivity contribution in [3.8, 4) is 0 Å². The molecule has 16 heavy (non-hydrogen) atoms. The van der Waals surface area contributed by atoms with Crippen LogP contribution >= 0.6 is 0 Å². The van der Waals surface area contributed by atoms with Crippen molar-refractivity contribution >= 4 is 0 Å². The van der Waals surface area contributed by atoms with Gasteiger partial charge in [-0.05, 0) is 28.7 Å². The lowest BCUT2D eigenvalue weighted by atomic mass is 10.00. The number of rotatable bonds is 3. The molecule has 1 nitrogen and oxygen atoms in total. The Kier molecular flexibility index (Phi) is 2.62. The first-order chi connectivity index (χ1) is 7.37. The average Bonchev–Trinajstić information content (AvgIpc) is 2.58. The topological polar surface area (TPSA) is 20.2 Å². The highest BCUT2D eigenvalue weighted by Gasteiger charge is 2.66. The first-order valence-corrected chi connectivity index (χ1v) is 6.09. The summed E-state index contributed by atoms with van der Waals surface area (Å²) in [7, 11) is 0. The molecule has 1 aromatic carbocycles. The maximum absolute atomic E-state index is 10.3. The minimum absolute atomic E-state index is 0.215. The van der Waals surface area contributed by atoms with Crippen molar-refractivity contribution in [3.63, 3.8) is 0 Å². The van der Waals surface area contributed by atoms with Gasteiger partial charge in [0.2, 0.25) is 0 Å². The molecular formula is C15H22O. The molecule has 1 aliphatic carbocycles. The van der Waals surface area contributed by atoms with Crippen LogP contribution in [-0.2, 0) is 6.42 Å². The van der Waals surface area contributed by atoms with Gasteiger partial charge < -0.3 is 5.11 Å². The second-order valence-electron chi connectivity index (χ2n) is 6.18. The van der Waals surface area contributed by atoms with Crippen LogP contribution in [0.15, 0.2) is 30.3 Å². The van der Waals surface area contributed by atoms with E-state index in [4.69, 9.17) is 0 Å². The molecule has 0 aromatic heterocycles. The molecule has 1 saturated carbocycles. The monoisotopic (exact) mass is 218 g/mol. The summed E-state index contributed by atoms with van der Waals surface area (Å²) in [6, 6.07) is 10.3. The summed E-state index contributed by atoms with van der Waals surface area (Å²) in [5.41, 5.74) is 1.76. The normalized spacial score (nSPS) is 24.1. The maximum Gasteiger partial charge on any atom is 0.0619 e. The summed E-state index contributed by atoms with van der Waals surface area (Å²) in [6.07, 6.45) is 0.561. The molecule has 1 unspecified atom stereocenters. The lowest BCUT2D eigenvalue weighted by Crippen LogP contribution is -2.17. The van der Waals surface area contributed by atoms with E-state index in [1.165, 1.54) is 5.56 Å². The van der Waals surface area contributed by atoms with E-state index in [1.807, 2.05) is 18.2 Å². The van der Waals surface area contributed by atoms with Gasteiger partial charge in [0.05, 0.1) is 6.10 Å². The predicted octanol–water partition coefficient (Wildman–Crippen LogP) is 3.27. The Hall–Kier alpha value is -0.820. The minimum Gasteiger partial charge on any atom is -0.392 e. The summed E-state index contributed by atoms with van der Waals surface area (Å²) in [5, 5.41) is 10.3. The Morgan fingerprint density at radius 1 is 1.06 bits per heavy atom. The molecule has 0 spiro atoms. The van der Waals surface area contributed by atoms with E-state index in [9.17, 15) is 5.11 Å². The average molecular weight is 218 g/mol. The zero-order valence-corrected chi connectivity index (χ0v) is 10.7. The van der Waals surface area contributed by atoms with Gasteiger partial charge in [0.1, 0.15) is 0 Å². The van der Waals surface area contributed by atoms with Crippen LogP contribution in [-0.4, -0.2) is 11.2 Å². The Morgan fingerprint density at radius 3 is 2.00 bits per heavy atom. The lowest BCUT2D eigenvalue weighted by Gasteiger charge is -2.12. The third kappa shape index (κ3) is 1.67. The third-order valence-corrected chi connectivity index (χ3v) is 4.80. The first-order valence-electron chi connectivity index (χ1n) is 6.09. The number of aliphatic hydroxyl groups is 1. The second-order valence-corrected chi connectivity index (χ2v) is 6.18. The molecule has 0 radical (unpaired) electrons. The van der Waals surface area contributed by atoms with Gasteiger partial charge in [-0.3, -0.25) is 0 Å². The van der Waals surface area contributed by atoms with Gasteiger partial charge in [0.25, 0.3) is 0 Å².